The van der Waals surface area contributed by atoms with Crippen molar-refractivity contribution in [2.75, 3.05) is 14.2 Å². The van der Waals surface area contributed by atoms with Crippen LogP contribution in [0, 0.1) is 0 Å². The van der Waals surface area contributed by atoms with Gasteiger partial charge in [0.25, 0.3) is 0 Å². The fourth-order valence-electron chi connectivity index (χ4n) is 2.19. The second-order valence-electron chi connectivity index (χ2n) is 4.81. The number of aliphatic hydroxyl groups excluding tert-OH is 1. The van der Waals surface area contributed by atoms with Gasteiger partial charge in [0.1, 0.15) is 5.76 Å². The molecule has 2 unspecified atom stereocenters. The SMILES string of the molecule is COC1C(=O)/C(=C(\O)C=Cc2ccccc2)C=CC1(O)OC. The Hall–Kier alpha value is -2.21. The van der Waals surface area contributed by atoms with Crippen molar-refractivity contribution in [1.82, 2.24) is 0 Å². The van der Waals surface area contributed by atoms with E-state index in [-0.39, 0.29) is 11.3 Å². The number of aliphatic hydroxyl groups is 2. The smallest absolute Gasteiger partial charge is 0.220 e. The molecule has 5 heteroatoms. The molecule has 0 aliphatic heterocycles. The van der Waals surface area contributed by atoms with Crippen LogP contribution in [0.4, 0.5) is 0 Å². The first-order chi connectivity index (χ1) is 10.5. The van der Waals surface area contributed by atoms with E-state index in [1.165, 1.54) is 32.4 Å². The third-order valence-electron chi connectivity index (χ3n) is 3.44. The Kier molecular flexibility index (Phi) is 4.92. The molecule has 5 nitrogen and oxygen atoms in total. The second-order valence-corrected chi connectivity index (χ2v) is 4.81. The number of carbonyl (C=O) groups excluding carboxylic acids is 1. The van der Waals surface area contributed by atoms with Gasteiger partial charge in [-0.25, -0.2) is 0 Å². The van der Waals surface area contributed by atoms with Crippen LogP contribution in [-0.4, -0.2) is 42.1 Å². The van der Waals surface area contributed by atoms with Crippen molar-refractivity contribution in [2.45, 2.75) is 11.9 Å². The highest BCUT2D eigenvalue weighted by molar-refractivity contribution is 6.04. The quantitative estimate of drug-likeness (QED) is 0.505. The lowest BCUT2D eigenvalue weighted by atomic mass is 9.91. The molecule has 0 heterocycles. The Balaban J connectivity index is 2.33. The summed E-state index contributed by atoms with van der Waals surface area (Å²) in [6, 6.07) is 9.37. The minimum atomic E-state index is -1.83. The lowest BCUT2D eigenvalue weighted by Gasteiger charge is -2.33. The van der Waals surface area contributed by atoms with Crippen LogP contribution in [0.3, 0.4) is 0 Å². The highest BCUT2D eigenvalue weighted by Gasteiger charge is 2.44. The summed E-state index contributed by atoms with van der Waals surface area (Å²) in [6.45, 7) is 0. The zero-order valence-corrected chi connectivity index (χ0v) is 12.4. The molecule has 0 amide bonds. The highest BCUT2D eigenvalue weighted by Crippen LogP contribution is 2.27. The van der Waals surface area contributed by atoms with Crippen molar-refractivity contribution >= 4 is 11.9 Å². The molecular formula is C17H18O5. The van der Waals surface area contributed by atoms with Crippen LogP contribution < -0.4 is 0 Å². The van der Waals surface area contributed by atoms with E-state index in [4.69, 9.17) is 9.47 Å². The van der Waals surface area contributed by atoms with Gasteiger partial charge in [0.05, 0.1) is 5.57 Å². The first kappa shape index (κ1) is 16.2. The molecule has 22 heavy (non-hydrogen) atoms. The maximum atomic E-state index is 12.3. The van der Waals surface area contributed by atoms with Gasteiger partial charge in [-0.05, 0) is 23.8 Å². The van der Waals surface area contributed by atoms with Gasteiger partial charge in [-0.1, -0.05) is 36.4 Å². The largest absolute Gasteiger partial charge is 0.507 e. The minimum Gasteiger partial charge on any atom is -0.507 e. The summed E-state index contributed by atoms with van der Waals surface area (Å²) in [4.78, 5) is 12.3. The molecule has 2 rings (SSSR count). The van der Waals surface area contributed by atoms with Gasteiger partial charge in [0, 0.05) is 14.2 Å². The van der Waals surface area contributed by atoms with E-state index in [9.17, 15) is 15.0 Å². The van der Waals surface area contributed by atoms with Crippen molar-refractivity contribution in [3.8, 4) is 0 Å². The zero-order valence-electron chi connectivity index (χ0n) is 12.4. The fourth-order valence-corrected chi connectivity index (χ4v) is 2.19. The van der Waals surface area contributed by atoms with E-state index in [0.717, 1.165) is 5.56 Å². The van der Waals surface area contributed by atoms with Crippen LogP contribution in [0.5, 0.6) is 0 Å². The highest BCUT2D eigenvalue weighted by atomic mass is 16.6. The summed E-state index contributed by atoms with van der Waals surface area (Å²) < 4.78 is 9.92. The number of carbonyl (C=O) groups is 1. The molecule has 2 N–H and O–H groups in total. The topological polar surface area (TPSA) is 76.0 Å². The predicted molar refractivity (Wildman–Crippen MR) is 82.0 cm³/mol. The molecule has 0 saturated heterocycles. The standard InChI is InChI=1S/C17H18O5/c1-21-16-15(19)13(10-11-17(16,20)22-2)14(18)9-8-12-6-4-3-5-7-12/h3-11,16,18,20H,1-2H3/b9-8?,14-13-. The maximum absolute atomic E-state index is 12.3. The molecule has 1 aromatic carbocycles. The molecular weight excluding hydrogens is 284 g/mol. The number of allylic oxidation sites excluding steroid dienone is 2. The number of ether oxygens (including phenoxy) is 2. The first-order valence-corrected chi connectivity index (χ1v) is 6.72. The zero-order chi connectivity index (χ0) is 16.2. The molecule has 0 saturated carbocycles. The average molecular weight is 302 g/mol. The van der Waals surface area contributed by atoms with Gasteiger partial charge < -0.3 is 19.7 Å². The maximum Gasteiger partial charge on any atom is 0.220 e. The molecule has 0 spiro atoms. The Morgan fingerprint density at radius 1 is 1.27 bits per heavy atom. The van der Waals surface area contributed by atoms with E-state index in [1.54, 1.807) is 6.08 Å². The molecule has 1 aliphatic rings. The molecule has 0 fully saturated rings. The van der Waals surface area contributed by atoms with Crippen molar-refractivity contribution in [3.63, 3.8) is 0 Å². The second kappa shape index (κ2) is 6.70. The average Bonchev–Trinajstić information content (AvgIpc) is 2.54. The normalized spacial score (nSPS) is 27.4. The number of methoxy groups -OCH3 is 2. The van der Waals surface area contributed by atoms with Crippen LogP contribution in [-0.2, 0) is 14.3 Å². The van der Waals surface area contributed by atoms with E-state index in [0.29, 0.717) is 0 Å². The lowest BCUT2D eigenvalue weighted by Crippen LogP contribution is -2.51. The number of Topliss-reactive ketones (excluding diaryl/α,β-unsaturated/α-hetero) is 1. The number of benzene rings is 1. The summed E-state index contributed by atoms with van der Waals surface area (Å²) >= 11 is 0. The van der Waals surface area contributed by atoms with E-state index < -0.39 is 17.7 Å². The lowest BCUT2D eigenvalue weighted by molar-refractivity contribution is -0.214. The Bertz CT molecular complexity index is 630. The summed E-state index contributed by atoms with van der Waals surface area (Å²) in [5, 5.41) is 20.2. The fraction of sp³-hybridized carbons (Fsp3) is 0.235. The Morgan fingerprint density at radius 2 is 1.95 bits per heavy atom. The van der Waals surface area contributed by atoms with Crippen molar-refractivity contribution in [1.29, 1.82) is 0 Å². The number of hydrogen-bond donors (Lipinski definition) is 2. The molecule has 2 atom stereocenters. The van der Waals surface area contributed by atoms with Crippen LogP contribution in [0.2, 0.25) is 0 Å². The van der Waals surface area contributed by atoms with Crippen LogP contribution >= 0.6 is 0 Å². The van der Waals surface area contributed by atoms with Crippen LogP contribution in [0.1, 0.15) is 5.56 Å². The number of hydrogen-bond acceptors (Lipinski definition) is 5. The molecule has 1 aliphatic carbocycles. The van der Waals surface area contributed by atoms with Gasteiger partial charge >= 0.3 is 0 Å². The third kappa shape index (κ3) is 3.17. The molecule has 0 aromatic heterocycles. The summed E-state index contributed by atoms with van der Waals surface area (Å²) in [5.74, 6) is -2.59. The summed E-state index contributed by atoms with van der Waals surface area (Å²) in [6.07, 6.45) is 4.49. The first-order valence-electron chi connectivity index (χ1n) is 6.72. The number of ketones is 1. The van der Waals surface area contributed by atoms with Crippen LogP contribution in [0.25, 0.3) is 6.08 Å². The van der Waals surface area contributed by atoms with Gasteiger partial charge in [0.15, 0.2) is 6.10 Å². The van der Waals surface area contributed by atoms with Gasteiger partial charge in [-0.15, -0.1) is 0 Å². The van der Waals surface area contributed by atoms with E-state index in [2.05, 4.69) is 0 Å². The molecule has 0 bridgehead atoms. The van der Waals surface area contributed by atoms with E-state index in [1.807, 2.05) is 30.3 Å². The predicted octanol–water partition coefficient (Wildman–Crippen LogP) is 2.00. The number of rotatable bonds is 4. The molecule has 116 valence electrons. The van der Waals surface area contributed by atoms with Gasteiger partial charge in [-0.3, -0.25) is 4.79 Å². The van der Waals surface area contributed by atoms with E-state index >= 15 is 0 Å². The van der Waals surface area contributed by atoms with Crippen LogP contribution in [0.15, 0.2) is 59.9 Å². The molecule has 0 radical (unpaired) electrons. The summed E-state index contributed by atoms with van der Waals surface area (Å²) in [5.41, 5.74) is 0.944. The van der Waals surface area contributed by atoms with Crippen molar-refractivity contribution < 1.29 is 24.5 Å². The van der Waals surface area contributed by atoms with Gasteiger partial charge in [-0.2, -0.15) is 0 Å². The van der Waals surface area contributed by atoms with Crippen molar-refractivity contribution in [2.24, 2.45) is 0 Å². The van der Waals surface area contributed by atoms with Gasteiger partial charge in [0.2, 0.25) is 11.6 Å². The summed E-state index contributed by atoms with van der Waals surface area (Å²) in [7, 11) is 2.56. The minimum absolute atomic E-state index is 0.0563. The molecule has 1 aromatic rings. The Labute approximate surface area is 128 Å². The monoisotopic (exact) mass is 302 g/mol. The Morgan fingerprint density at radius 3 is 2.55 bits per heavy atom. The third-order valence-corrected chi connectivity index (χ3v) is 3.44. The van der Waals surface area contributed by atoms with Crippen molar-refractivity contribution in [3.05, 3.63) is 65.5 Å².